The molecule has 0 aliphatic carbocycles. The molecule has 0 aromatic heterocycles. The van der Waals surface area contributed by atoms with Crippen molar-refractivity contribution in [3.8, 4) is 11.8 Å². The molecule has 19 heavy (non-hydrogen) atoms. The number of rotatable bonds is 3. The van der Waals surface area contributed by atoms with E-state index in [1.54, 1.807) is 18.2 Å². The summed E-state index contributed by atoms with van der Waals surface area (Å²) < 4.78 is 19.0. The van der Waals surface area contributed by atoms with E-state index in [4.69, 9.17) is 10.00 Å². The van der Waals surface area contributed by atoms with Crippen LogP contribution in [0.5, 0.6) is 5.75 Å². The molecule has 0 unspecified atom stereocenters. The fourth-order valence-corrected chi connectivity index (χ4v) is 2.14. The van der Waals surface area contributed by atoms with Crippen molar-refractivity contribution in [1.29, 1.82) is 5.26 Å². The second kappa shape index (κ2) is 5.72. The summed E-state index contributed by atoms with van der Waals surface area (Å²) in [6.45, 7) is 0. The lowest BCUT2D eigenvalue weighted by Gasteiger charge is -2.11. The third kappa shape index (κ3) is 3.24. The lowest BCUT2D eigenvalue weighted by Crippen LogP contribution is -1.96. The Morgan fingerprint density at radius 2 is 2.05 bits per heavy atom. The van der Waals surface area contributed by atoms with Gasteiger partial charge in [-0.3, -0.25) is 0 Å². The van der Waals surface area contributed by atoms with Crippen LogP contribution < -0.4 is 10.1 Å². The highest BCUT2D eigenvalue weighted by atomic mass is 79.9. The number of benzene rings is 2. The first kappa shape index (κ1) is 13.4. The molecule has 0 aliphatic rings. The second-order valence-electron chi connectivity index (χ2n) is 3.81. The van der Waals surface area contributed by atoms with Gasteiger partial charge in [-0.15, -0.1) is 0 Å². The molecular formula is C14H10BrFN2O. The van der Waals surface area contributed by atoms with Gasteiger partial charge < -0.3 is 10.1 Å². The van der Waals surface area contributed by atoms with E-state index in [0.717, 1.165) is 10.2 Å². The smallest absolute Gasteiger partial charge is 0.145 e. The van der Waals surface area contributed by atoms with Crippen molar-refractivity contribution in [3.63, 3.8) is 0 Å². The van der Waals surface area contributed by atoms with Gasteiger partial charge >= 0.3 is 0 Å². The van der Waals surface area contributed by atoms with E-state index in [0.29, 0.717) is 17.0 Å². The summed E-state index contributed by atoms with van der Waals surface area (Å²) in [7, 11) is 1.47. The molecule has 0 amide bonds. The molecular weight excluding hydrogens is 311 g/mol. The first-order chi connectivity index (χ1) is 9.12. The number of hydrogen-bond donors (Lipinski definition) is 1. The van der Waals surface area contributed by atoms with Crippen LogP contribution in [0.3, 0.4) is 0 Å². The highest BCUT2D eigenvalue weighted by Crippen LogP contribution is 2.29. The molecule has 0 atom stereocenters. The van der Waals surface area contributed by atoms with Crippen LogP contribution in [0.15, 0.2) is 40.9 Å². The molecule has 0 bridgehead atoms. The van der Waals surface area contributed by atoms with E-state index in [1.807, 2.05) is 6.07 Å². The van der Waals surface area contributed by atoms with Crippen molar-refractivity contribution in [2.45, 2.75) is 0 Å². The topological polar surface area (TPSA) is 45.0 Å². The number of anilines is 2. The predicted molar refractivity (Wildman–Crippen MR) is 75.1 cm³/mol. The van der Waals surface area contributed by atoms with Crippen molar-refractivity contribution in [2.75, 3.05) is 12.4 Å². The minimum Gasteiger partial charge on any atom is -0.494 e. The predicted octanol–water partition coefficient (Wildman–Crippen LogP) is 4.21. The first-order valence-electron chi connectivity index (χ1n) is 5.43. The number of nitrogens with one attached hydrogen (secondary N) is 1. The SMILES string of the molecule is COc1cc(F)ccc1Nc1cc(Br)cc(C#N)c1. The maximum absolute atomic E-state index is 13.1. The summed E-state index contributed by atoms with van der Waals surface area (Å²) in [6.07, 6.45) is 0. The molecule has 2 rings (SSSR count). The molecule has 0 spiro atoms. The number of halogens is 2. The third-order valence-electron chi connectivity index (χ3n) is 2.47. The monoisotopic (exact) mass is 320 g/mol. The number of nitrogens with zero attached hydrogens (tertiary/aromatic N) is 1. The fraction of sp³-hybridized carbons (Fsp3) is 0.0714. The molecule has 2 aromatic carbocycles. The van der Waals surface area contributed by atoms with E-state index in [9.17, 15) is 4.39 Å². The van der Waals surface area contributed by atoms with Crippen LogP contribution in [-0.2, 0) is 0 Å². The van der Waals surface area contributed by atoms with E-state index >= 15 is 0 Å². The average molecular weight is 321 g/mol. The van der Waals surface area contributed by atoms with Crippen molar-refractivity contribution < 1.29 is 9.13 Å². The van der Waals surface area contributed by atoms with Crippen molar-refractivity contribution in [3.05, 3.63) is 52.3 Å². The summed E-state index contributed by atoms with van der Waals surface area (Å²) in [4.78, 5) is 0. The molecule has 1 N–H and O–H groups in total. The Bertz CT molecular complexity index is 652. The number of nitriles is 1. The van der Waals surface area contributed by atoms with Gasteiger partial charge in [0.1, 0.15) is 11.6 Å². The number of hydrogen-bond acceptors (Lipinski definition) is 3. The van der Waals surface area contributed by atoms with Crippen LogP contribution in [0.1, 0.15) is 5.56 Å². The van der Waals surface area contributed by atoms with Gasteiger partial charge in [-0.25, -0.2) is 4.39 Å². The first-order valence-corrected chi connectivity index (χ1v) is 6.23. The van der Waals surface area contributed by atoms with E-state index < -0.39 is 0 Å². The van der Waals surface area contributed by atoms with Crippen LogP contribution in [-0.4, -0.2) is 7.11 Å². The Kier molecular flexibility index (Phi) is 4.03. The van der Waals surface area contributed by atoms with Gasteiger partial charge in [0.15, 0.2) is 0 Å². The zero-order chi connectivity index (χ0) is 13.8. The highest BCUT2D eigenvalue weighted by molar-refractivity contribution is 9.10. The van der Waals surface area contributed by atoms with Crippen LogP contribution >= 0.6 is 15.9 Å². The lowest BCUT2D eigenvalue weighted by atomic mass is 10.2. The second-order valence-corrected chi connectivity index (χ2v) is 4.73. The molecule has 3 nitrogen and oxygen atoms in total. The van der Waals surface area contributed by atoms with Crippen molar-refractivity contribution in [2.24, 2.45) is 0 Å². The molecule has 5 heteroatoms. The van der Waals surface area contributed by atoms with Crippen LogP contribution in [0, 0.1) is 17.1 Å². The van der Waals surface area contributed by atoms with Gasteiger partial charge in [0.25, 0.3) is 0 Å². The molecule has 0 saturated carbocycles. The maximum Gasteiger partial charge on any atom is 0.145 e. The van der Waals surface area contributed by atoms with Crippen LogP contribution in [0.2, 0.25) is 0 Å². The van der Waals surface area contributed by atoms with E-state index in [2.05, 4.69) is 27.3 Å². The summed E-state index contributed by atoms with van der Waals surface area (Å²) in [5.74, 6) is 0.0350. The van der Waals surface area contributed by atoms with Crippen LogP contribution in [0.4, 0.5) is 15.8 Å². The quantitative estimate of drug-likeness (QED) is 0.921. The third-order valence-corrected chi connectivity index (χ3v) is 2.93. The molecule has 0 saturated heterocycles. The van der Waals surface area contributed by atoms with Crippen LogP contribution in [0.25, 0.3) is 0 Å². The summed E-state index contributed by atoms with van der Waals surface area (Å²) in [5, 5.41) is 12.0. The molecule has 2 aromatic rings. The Balaban J connectivity index is 2.36. The molecule has 96 valence electrons. The lowest BCUT2D eigenvalue weighted by molar-refractivity contribution is 0.413. The molecule has 0 fully saturated rings. The summed E-state index contributed by atoms with van der Waals surface area (Å²) in [6, 6.07) is 11.5. The highest BCUT2D eigenvalue weighted by Gasteiger charge is 2.06. The van der Waals surface area contributed by atoms with Gasteiger partial charge in [0, 0.05) is 16.2 Å². The van der Waals surface area contributed by atoms with Gasteiger partial charge in [-0.05, 0) is 30.3 Å². The van der Waals surface area contributed by atoms with Crippen molar-refractivity contribution in [1.82, 2.24) is 0 Å². The van der Waals surface area contributed by atoms with Gasteiger partial charge in [-0.1, -0.05) is 15.9 Å². The Labute approximate surface area is 118 Å². The molecule has 0 heterocycles. The average Bonchev–Trinajstić information content (AvgIpc) is 2.40. The minimum absolute atomic E-state index is 0.366. The fourth-order valence-electron chi connectivity index (χ4n) is 1.65. The zero-order valence-corrected chi connectivity index (χ0v) is 11.7. The Hall–Kier alpha value is -2.06. The van der Waals surface area contributed by atoms with E-state index in [1.165, 1.54) is 19.2 Å². The van der Waals surface area contributed by atoms with Gasteiger partial charge in [0.05, 0.1) is 24.4 Å². The molecule has 0 aliphatic heterocycles. The van der Waals surface area contributed by atoms with E-state index in [-0.39, 0.29) is 5.82 Å². The number of methoxy groups -OCH3 is 1. The standard InChI is InChI=1S/C14H10BrFN2O/c1-19-14-7-11(16)2-3-13(14)18-12-5-9(8-17)4-10(15)6-12/h2-7,18H,1H3. The summed E-state index contributed by atoms with van der Waals surface area (Å²) in [5.41, 5.74) is 1.87. The Morgan fingerprint density at radius 1 is 1.26 bits per heavy atom. The maximum atomic E-state index is 13.1. The zero-order valence-electron chi connectivity index (χ0n) is 10.1. The normalized spacial score (nSPS) is 9.79. The largest absolute Gasteiger partial charge is 0.494 e. The Morgan fingerprint density at radius 3 is 2.74 bits per heavy atom. The number of ether oxygens (including phenoxy) is 1. The summed E-state index contributed by atoms with van der Waals surface area (Å²) >= 11 is 3.33. The van der Waals surface area contributed by atoms with Gasteiger partial charge in [-0.2, -0.15) is 5.26 Å². The van der Waals surface area contributed by atoms with Gasteiger partial charge in [0.2, 0.25) is 0 Å². The van der Waals surface area contributed by atoms with Crippen molar-refractivity contribution >= 4 is 27.3 Å². The minimum atomic E-state index is -0.366. The molecule has 0 radical (unpaired) electrons.